The van der Waals surface area contributed by atoms with Gasteiger partial charge in [0, 0.05) is 44.1 Å². The molecule has 2 saturated heterocycles. The minimum Gasteiger partial charge on any atom is -0.343 e. The van der Waals surface area contributed by atoms with Gasteiger partial charge in [-0.1, -0.05) is 54.6 Å². The molecule has 1 unspecified atom stereocenters. The molecule has 2 atom stereocenters. The molecule has 7 heteroatoms. The fourth-order valence-electron chi connectivity index (χ4n) is 5.00. The van der Waals surface area contributed by atoms with E-state index >= 15 is 0 Å². The Morgan fingerprint density at radius 2 is 1.74 bits per heavy atom. The van der Waals surface area contributed by atoms with Crippen LogP contribution in [0, 0.1) is 0 Å². The predicted molar refractivity (Wildman–Crippen MR) is 133 cm³/mol. The first-order chi connectivity index (χ1) is 16.4. The SMILES string of the molecule is C[C@H]1CCC(c2ccccc2)S(=O)(=O)N1Cc1ccc(C(=O)CCCN2CCCCC2=O)cc1. The third-order valence-electron chi connectivity index (χ3n) is 7.06. The quantitative estimate of drug-likeness (QED) is 0.511. The summed E-state index contributed by atoms with van der Waals surface area (Å²) < 4.78 is 28.4. The highest BCUT2D eigenvalue weighted by molar-refractivity contribution is 7.89. The van der Waals surface area contributed by atoms with Crippen LogP contribution in [0.2, 0.25) is 0 Å². The molecule has 34 heavy (non-hydrogen) atoms. The van der Waals surface area contributed by atoms with E-state index in [4.69, 9.17) is 0 Å². The van der Waals surface area contributed by atoms with E-state index in [1.165, 1.54) is 0 Å². The number of piperidine rings is 1. The van der Waals surface area contributed by atoms with E-state index in [1.807, 2.05) is 54.3 Å². The summed E-state index contributed by atoms with van der Waals surface area (Å²) in [4.78, 5) is 26.4. The summed E-state index contributed by atoms with van der Waals surface area (Å²) in [5.41, 5.74) is 2.34. The van der Waals surface area contributed by atoms with Crippen molar-refractivity contribution in [3.63, 3.8) is 0 Å². The molecule has 0 aliphatic carbocycles. The Kier molecular flexibility index (Phi) is 7.84. The molecule has 1 amide bonds. The van der Waals surface area contributed by atoms with Gasteiger partial charge in [-0.2, -0.15) is 4.31 Å². The van der Waals surface area contributed by atoms with E-state index in [0.717, 1.165) is 36.9 Å². The molecule has 0 aromatic heterocycles. The molecular formula is C27H34N2O4S. The van der Waals surface area contributed by atoms with Crippen LogP contribution in [0.25, 0.3) is 0 Å². The molecule has 182 valence electrons. The molecule has 2 heterocycles. The Morgan fingerprint density at radius 1 is 1.00 bits per heavy atom. The first-order valence-electron chi connectivity index (χ1n) is 12.3. The summed E-state index contributed by atoms with van der Waals surface area (Å²) in [6.45, 7) is 3.70. The number of amides is 1. The van der Waals surface area contributed by atoms with Crippen LogP contribution in [0.4, 0.5) is 0 Å². The average molecular weight is 483 g/mol. The van der Waals surface area contributed by atoms with Gasteiger partial charge in [-0.25, -0.2) is 8.42 Å². The van der Waals surface area contributed by atoms with Gasteiger partial charge in [0.05, 0.1) is 0 Å². The third-order valence-corrected chi connectivity index (χ3v) is 9.43. The lowest BCUT2D eigenvalue weighted by atomic mass is 10.0. The molecule has 2 aliphatic rings. The Hall–Kier alpha value is -2.51. The molecule has 0 N–H and O–H groups in total. The van der Waals surface area contributed by atoms with Crippen LogP contribution in [-0.4, -0.2) is 48.4 Å². The third kappa shape index (κ3) is 5.58. The van der Waals surface area contributed by atoms with Crippen LogP contribution in [0.15, 0.2) is 54.6 Å². The summed E-state index contributed by atoms with van der Waals surface area (Å²) in [5, 5.41) is -0.516. The zero-order valence-corrected chi connectivity index (χ0v) is 20.7. The Bertz CT molecular complexity index is 1100. The minimum atomic E-state index is -3.48. The molecule has 4 rings (SSSR count). The number of ketones is 1. The van der Waals surface area contributed by atoms with Crippen molar-refractivity contribution in [2.24, 2.45) is 0 Å². The number of nitrogens with zero attached hydrogens (tertiary/aromatic N) is 2. The van der Waals surface area contributed by atoms with Crippen molar-refractivity contribution in [1.29, 1.82) is 0 Å². The highest BCUT2D eigenvalue weighted by Gasteiger charge is 2.40. The second-order valence-electron chi connectivity index (χ2n) is 9.48. The van der Waals surface area contributed by atoms with Crippen LogP contribution in [0.5, 0.6) is 0 Å². The number of carbonyl (C=O) groups excluding carboxylic acids is 2. The van der Waals surface area contributed by atoms with Crippen molar-refractivity contribution < 1.29 is 18.0 Å². The van der Waals surface area contributed by atoms with Crippen molar-refractivity contribution in [1.82, 2.24) is 9.21 Å². The molecule has 0 radical (unpaired) electrons. The second kappa shape index (κ2) is 10.8. The lowest BCUT2D eigenvalue weighted by Crippen LogP contribution is -2.44. The van der Waals surface area contributed by atoms with Gasteiger partial charge in [0.1, 0.15) is 5.25 Å². The van der Waals surface area contributed by atoms with E-state index in [2.05, 4.69) is 0 Å². The maximum Gasteiger partial charge on any atom is 0.222 e. The zero-order chi connectivity index (χ0) is 24.1. The van der Waals surface area contributed by atoms with Gasteiger partial charge in [-0.15, -0.1) is 0 Å². The fraction of sp³-hybridized carbons (Fsp3) is 0.481. The average Bonchev–Trinajstić information content (AvgIpc) is 2.84. The summed E-state index contributed by atoms with van der Waals surface area (Å²) in [5.74, 6) is 0.249. The van der Waals surface area contributed by atoms with Crippen molar-refractivity contribution in [3.8, 4) is 0 Å². The van der Waals surface area contributed by atoms with E-state index < -0.39 is 15.3 Å². The molecule has 0 saturated carbocycles. The van der Waals surface area contributed by atoms with Gasteiger partial charge >= 0.3 is 0 Å². The maximum absolute atomic E-state index is 13.4. The molecule has 2 fully saturated rings. The standard InChI is InChI=1S/C27H34N2O4S/c1-21-12-17-26(24-8-3-2-4-9-24)34(32,33)29(21)20-22-13-15-23(16-14-22)25(30)10-7-19-28-18-6-5-11-27(28)31/h2-4,8-9,13-16,21,26H,5-7,10-12,17-20H2,1H3/t21-,26?/m0/s1. The number of hydrogen-bond acceptors (Lipinski definition) is 4. The van der Waals surface area contributed by atoms with E-state index in [-0.39, 0.29) is 17.7 Å². The molecule has 2 aromatic carbocycles. The van der Waals surface area contributed by atoms with Gasteiger partial charge in [0.2, 0.25) is 15.9 Å². The van der Waals surface area contributed by atoms with Crippen molar-refractivity contribution >= 4 is 21.7 Å². The summed E-state index contributed by atoms with van der Waals surface area (Å²) >= 11 is 0. The largest absolute Gasteiger partial charge is 0.343 e. The smallest absolute Gasteiger partial charge is 0.222 e. The maximum atomic E-state index is 13.4. The molecule has 2 aliphatic heterocycles. The zero-order valence-electron chi connectivity index (χ0n) is 19.9. The molecular weight excluding hydrogens is 448 g/mol. The summed E-state index contributed by atoms with van der Waals surface area (Å²) in [7, 11) is -3.48. The van der Waals surface area contributed by atoms with Crippen LogP contribution >= 0.6 is 0 Å². The van der Waals surface area contributed by atoms with Crippen molar-refractivity contribution in [3.05, 3.63) is 71.3 Å². The first-order valence-corrected chi connectivity index (χ1v) is 13.8. The predicted octanol–water partition coefficient (Wildman–Crippen LogP) is 4.72. The number of sulfonamides is 1. The monoisotopic (exact) mass is 482 g/mol. The second-order valence-corrected chi connectivity index (χ2v) is 11.5. The fourth-order valence-corrected chi connectivity index (χ4v) is 7.20. The van der Waals surface area contributed by atoms with Crippen LogP contribution in [0.1, 0.15) is 78.6 Å². The minimum absolute atomic E-state index is 0.0547. The van der Waals surface area contributed by atoms with Crippen LogP contribution < -0.4 is 0 Å². The van der Waals surface area contributed by atoms with Gasteiger partial charge in [-0.05, 0) is 50.2 Å². The Morgan fingerprint density at radius 3 is 2.44 bits per heavy atom. The number of hydrogen-bond donors (Lipinski definition) is 0. The number of Topliss-reactive ketones (excluding diaryl/α,β-unsaturated/α-hetero) is 1. The number of benzene rings is 2. The summed E-state index contributed by atoms with van der Waals surface area (Å²) in [6.07, 6.45) is 5.13. The molecule has 6 nitrogen and oxygen atoms in total. The van der Waals surface area contributed by atoms with E-state index in [0.29, 0.717) is 44.3 Å². The molecule has 0 bridgehead atoms. The van der Waals surface area contributed by atoms with Crippen LogP contribution in [0.3, 0.4) is 0 Å². The first kappa shape index (κ1) is 24.6. The number of rotatable bonds is 8. The Labute approximate surface area is 203 Å². The van der Waals surface area contributed by atoms with Gasteiger partial charge in [0.25, 0.3) is 0 Å². The van der Waals surface area contributed by atoms with E-state index in [1.54, 1.807) is 16.4 Å². The van der Waals surface area contributed by atoms with Crippen molar-refractivity contribution in [2.45, 2.75) is 69.7 Å². The number of likely N-dealkylation sites (tertiary alicyclic amines) is 1. The highest BCUT2D eigenvalue weighted by atomic mass is 32.2. The van der Waals surface area contributed by atoms with Gasteiger partial charge in [-0.3, -0.25) is 9.59 Å². The highest BCUT2D eigenvalue weighted by Crippen LogP contribution is 2.38. The van der Waals surface area contributed by atoms with E-state index in [9.17, 15) is 18.0 Å². The lowest BCUT2D eigenvalue weighted by molar-refractivity contribution is -0.133. The van der Waals surface area contributed by atoms with Gasteiger partial charge < -0.3 is 4.90 Å². The number of carbonyl (C=O) groups is 2. The molecule has 0 spiro atoms. The Balaban J connectivity index is 1.36. The van der Waals surface area contributed by atoms with Crippen LogP contribution in [-0.2, 0) is 21.4 Å². The van der Waals surface area contributed by atoms with Gasteiger partial charge in [0.15, 0.2) is 5.78 Å². The summed E-state index contributed by atoms with van der Waals surface area (Å²) in [6, 6.07) is 16.7. The molecule has 2 aromatic rings. The van der Waals surface area contributed by atoms with Crippen molar-refractivity contribution in [2.75, 3.05) is 13.1 Å². The lowest BCUT2D eigenvalue weighted by Gasteiger charge is -2.37. The topological polar surface area (TPSA) is 74.8 Å². The normalized spacial score (nSPS) is 23.1.